The zero-order valence-corrected chi connectivity index (χ0v) is 15.5. The third-order valence-electron chi connectivity index (χ3n) is 5.73. The summed E-state index contributed by atoms with van der Waals surface area (Å²) in [5.74, 6) is 0.601. The Morgan fingerprint density at radius 1 is 1.27 bits per heavy atom. The molecular weight excluding hydrogens is 328 g/mol. The van der Waals surface area contributed by atoms with Gasteiger partial charge in [0.25, 0.3) is 0 Å². The normalized spacial score (nSPS) is 24.9. The predicted octanol–water partition coefficient (Wildman–Crippen LogP) is 3.52. The van der Waals surface area contributed by atoms with Crippen LogP contribution in [0, 0.1) is 11.3 Å². The third kappa shape index (κ3) is 5.08. The van der Waals surface area contributed by atoms with Gasteiger partial charge in [-0.15, -0.1) is 0 Å². The minimum absolute atomic E-state index is 0.0285. The lowest BCUT2D eigenvalue weighted by Crippen LogP contribution is -2.47. The average molecular weight is 358 g/mol. The number of hydrogen-bond donors (Lipinski definition) is 3. The SMILES string of the molecule is CCC(=Cc1ccccc1)C1C[C@@H]1NCC1(CNC(=O)O)CCOCC1. The molecule has 5 nitrogen and oxygen atoms in total. The van der Waals surface area contributed by atoms with Crippen LogP contribution in [0.1, 0.15) is 38.2 Å². The summed E-state index contributed by atoms with van der Waals surface area (Å²) >= 11 is 0. The van der Waals surface area contributed by atoms with Gasteiger partial charge in [-0.2, -0.15) is 0 Å². The molecule has 1 heterocycles. The van der Waals surface area contributed by atoms with E-state index in [1.165, 1.54) is 17.6 Å². The molecule has 1 saturated heterocycles. The highest BCUT2D eigenvalue weighted by Crippen LogP contribution is 2.40. The Labute approximate surface area is 155 Å². The number of rotatable bonds is 8. The average Bonchev–Trinajstić information content (AvgIpc) is 3.44. The number of carbonyl (C=O) groups is 1. The Balaban J connectivity index is 1.56. The second-order valence-electron chi connectivity index (χ2n) is 7.58. The van der Waals surface area contributed by atoms with E-state index in [1.807, 2.05) is 6.07 Å². The van der Waals surface area contributed by atoms with Crippen LogP contribution >= 0.6 is 0 Å². The second kappa shape index (κ2) is 8.69. The fraction of sp³-hybridized carbons (Fsp3) is 0.571. The largest absolute Gasteiger partial charge is 0.465 e. The zero-order valence-electron chi connectivity index (χ0n) is 15.5. The molecule has 3 rings (SSSR count). The number of ether oxygens (including phenoxy) is 1. The lowest BCUT2D eigenvalue weighted by Gasteiger charge is -2.37. The summed E-state index contributed by atoms with van der Waals surface area (Å²) in [5, 5.41) is 15.3. The van der Waals surface area contributed by atoms with Gasteiger partial charge >= 0.3 is 6.09 Å². The van der Waals surface area contributed by atoms with E-state index in [2.05, 4.69) is 47.9 Å². The number of nitrogens with one attached hydrogen (secondary N) is 2. The van der Waals surface area contributed by atoms with Gasteiger partial charge in [0.05, 0.1) is 0 Å². The van der Waals surface area contributed by atoms with Crippen molar-refractivity contribution in [1.82, 2.24) is 10.6 Å². The van der Waals surface area contributed by atoms with Crippen LogP contribution in [0.3, 0.4) is 0 Å². The standard InChI is InChI=1S/C21H30N2O3/c1-2-17(12-16-6-4-3-5-7-16)18-13-19(18)22-14-21(15-23-20(24)25)8-10-26-11-9-21/h3-7,12,18-19,22-23H,2,8-11,13-15H2,1H3,(H,24,25)/t18?,19-/m0/s1. The molecule has 3 N–H and O–H groups in total. The minimum Gasteiger partial charge on any atom is -0.465 e. The van der Waals surface area contributed by atoms with Crippen molar-refractivity contribution in [3.8, 4) is 0 Å². The maximum Gasteiger partial charge on any atom is 0.404 e. The van der Waals surface area contributed by atoms with Crippen molar-refractivity contribution in [3.05, 3.63) is 41.5 Å². The highest BCUT2D eigenvalue weighted by molar-refractivity contribution is 5.64. The highest BCUT2D eigenvalue weighted by atomic mass is 16.5. The molecular formula is C21H30N2O3. The Morgan fingerprint density at radius 3 is 2.65 bits per heavy atom. The van der Waals surface area contributed by atoms with E-state index in [-0.39, 0.29) is 5.41 Å². The van der Waals surface area contributed by atoms with Crippen molar-refractivity contribution in [2.45, 2.75) is 38.6 Å². The molecule has 1 aromatic rings. The van der Waals surface area contributed by atoms with Crippen LogP contribution in [-0.2, 0) is 4.74 Å². The van der Waals surface area contributed by atoms with Gasteiger partial charge in [0.2, 0.25) is 0 Å². The molecule has 1 aromatic carbocycles. The van der Waals surface area contributed by atoms with Gasteiger partial charge in [0.15, 0.2) is 0 Å². The van der Waals surface area contributed by atoms with Gasteiger partial charge in [-0.25, -0.2) is 4.79 Å². The highest BCUT2D eigenvalue weighted by Gasteiger charge is 2.41. The van der Waals surface area contributed by atoms with Crippen LogP contribution in [0.4, 0.5) is 4.79 Å². The summed E-state index contributed by atoms with van der Waals surface area (Å²) in [6.45, 7) is 4.99. The number of amides is 1. The summed E-state index contributed by atoms with van der Waals surface area (Å²) in [4.78, 5) is 10.9. The first kappa shape index (κ1) is 18.9. The van der Waals surface area contributed by atoms with Crippen molar-refractivity contribution in [2.75, 3.05) is 26.3 Å². The molecule has 5 heteroatoms. The molecule has 0 aromatic heterocycles. The quantitative estimate of drug-likeness (QED) is 0.665. The van der Waals surface area contributed by atoms with Crippen LogP contribution in [0.5, 0.6) is 0 Å². The summed E-state index contributed by atoms with van der Waals surface area (Å²) in [7, 11) is 0. The van der Waals surface area contributed by atoms with Gasteiger partial charge in [0.1, 0.15) is 0 Å². The van der Waals surface area contributed by atoms with Crippen molar-refractivity contribution < 1.29 is 14.6 Å². The van der Waals surface area contributed by atoms with Crippen molar-refractivity contribution in [1.29, 1.82) is 0 Å². The summed E-state index contributed by atoms with van der Waals surface area (Å²) < 4.78 is 5.49. The van der Waals surface area contributed by atoms with Crippen LogP contribution < -0.4 is 10.6 Å². The Hall–Kier alpha value is -1.85. The van der Waals surface area contributed by atoms with Gasteiger partial charge in [-0.05, 0) is 37.2 Å². The molecule has 2 aliphatic rings. The van der Waals surface area contributed by atoms with Gasteiger partial charge < -0.3 is 20.5 Å². The summed E-state index contributed by atoms with van der Waals surface area (Å²) in [5.41, 5.74) is 2.74. The smallest absolute Gasteiger partial charge is 0.404 e. The molecule has 1 aliphatic heterocycles. The Morgan fingerprint density at radius 2 is 2.00 bits per heavy atom. The zero-order chi connectivity index (χ0) is 18.4. The van der Waals surface area contributed by atoms with Crippen molar-refractivity contribution in [2.24, 2.45) is 11.3 Å². The molecule has 1 saturated carbocycles. The number of hydrogen-bond acceptors (Lipinski definition) is 3. The molecule has 1 amide bonds. The van der Waals surface area contributed by atoms with Crippen LogP contribution in [0.15, 0.2) is 35.9 Å². The molecule has 1 unspecified atom stereocenters. The van der Waals surface area contributed by atoms with Crippen LogP contribution in [-0.4, -0.2) is 43.5 Å². The maximum absolute atomic E-state index is 10.9. The molecule has 26 heavy (non-hydrogen) atoms. The second-order valence-corrected chi connectivity index (χ2v) is 7.58. The van der Waals surface area contributed by atoms with Crippen molar-refractivity contribution in [3.63, 3.8) is 0 Å². The van der Waals surface area contributed by atoms with E-state index in [1.54, 1.807) is 0 Å². The third-order valence-corrected chi connectivity index (χ3v) is 5.73. The first-order valence-electron chi connectivity index (χ1n) is 9.65. The minimum atomic E-state index is -0.945. The van der Waals surface area contributed by atoms with Gasteiger partial charge in [-0.1, -0.05) is 48.9 Å². The number of carboxylic acid groups (broad SMARTS) is 1. The van der Waals surface area contributed by atoms with Crippen molar-refractivity contribution >= 4 is 12.2 Å². The fourth-order valence-electron chi connectivity index (χ4n) is 3.90. The first-order valence-corrected chi connectivity index (χ1v) is 9.65. The Bertz CT molecular complexity index is 623. The number of benzene rings is 1. The van der Waals surface area contributed by atoms with Crippen LogP contribution in [0.25, 0.3) is 6.08 Å². The Kier molecular flexibility index (Phi) is 6.33. The van der Waals surface area contributed by atoms with Crippen LogP contribution in [0.2, 0.25) is 0 Å². The van der Waals surface area contributed by atoms with E-state index < -0.39 is 6.09 Å². The summed E-state index contributed by atoms with van der Waals surface area (Å²) in [6, 6.07) is 11.0. The molecule has 2 atom stereocenters. The van der Waals surface area contributed by atoms with E-state index in [4.69, 9.17) is 9.84 Å². The van der Waals surface area contributed by atoms with Gasteiger partial charge in [0, 0.05) is 37.8 Å². The molecule has 1 aliphatic carbocycles. The monoisotopic (exact) mass is 358 g/mol. The molecule has 142 valence electrons. The lowest BCUT2D eigenvalue weighted by atomic mass is 9.80. The van der Waals surface area contributed by atoms with E-state index >= 15 is 0 Å². The van der Waals surface area contributed by atoms with Gasteiger partial charge in [-0.3, -0.25) is 0 Å². The topological polar surface area (TPSA) is 70.6 Å². The lowest BCUT2D eigenvalue weighted by molar-refractivity contribution is 0.0151. The maximum atomic E-state index is 10.9. The molecule has 2 fully saturated rings. The molecule has 0 bridgehead atoms. The van der Waals surface area contributed by atoms with E-state index in [9.17, 15) is 4.79 Å². The predicted molar refractivity (Wildman–Crippen MR) is 103 cm³/mol. The summed E-state index contributed by atoms with van der Waals surface area (Å²) in [6.07, 6.45) is 5.42. The molecule has 0 radical (unpaired) electrons. The van der Waals surface area contributed by atoms with E-state index in [0.717, 1.165) is 25.8 Å². The fourth-order valence-corrected chi connectivity index (χ4v) is 3.90. The molecule has 0 spiro atoms. The first-order chi connectivity index (χ1) is 12.6. The van der Waals surface area contributed by atoms with E-state index in [0.29, 0.717) is 31.7 Å².